The lowest BCUT2D eigenvalue weighted by Gasteiger charge is -2.33. The maximum Gasteiger partial charge on any atom is 0.264 e. The molecular formula is C28H31Cl2N3O4S. The molecule has 3 aromatic rings. The minimum absolute atomic E-state index is 0.0349. The van der Waals surface area contributed by atoms with Crippen LogP contribution in [0.2, 0.25) is 10.0 Å². The van der Waals surface area contributed by atoms with Gasteiger partial charge in [-0.1, -0.05) is 66.0 Å². The molecular weight excluding hydrogens is 545 g/mol. The molecule has 2 amide bonds. The predicted octanol–water partition coefficient (Wildman–Crippen LogP) is 5.44. The van der Waals surface area contributed by atoms with Gasteiger partial charge in [0.25, 0.3) is 10.0 Å². The summed E-state index contributed by atoms with van der Waals surface area (Å²) in [5.41, 5.74) is 1.81. The molecule has 0 fully saturated rings. The van der Waals surface area contributed by atoms with Crippen molar-refractivity contribution in [3.05, 3.63) is 94.0 Å². The number of anilines is 1. The van der Waals surface area contributed by atoms with Crippen LogP contribution in [0.25, 0.3) is 0 Å². The number of likely N-dealkylation sites (N-methyl/N-ethyl adjacent to an activating group) is 1. The zero-order valence-electron chi connectivity index (χ0n) is 21.5. The zero-order chi connectivity index (χ0) is 27.9. The zero-order valence-corrected chi connectivity index (χ0v) is 23.9. The summed E-state index contributed by atoms with van der Waals surface area (Å²) in [4.78, 5) is 28.3. The van der Waals surface area contributed by atoms with Gasteiger partial charge in [-0.05, 0) is 68.3 Å². The Bertz CT molecular complexity index is 1360. The maximum atomic E-state index is 13.9. The van der Waals surface area contributed by atoms with Gasteiger partial charge in [0.1, 0.15) is 12.6 Å². The van der Waals surface area contributed by atoms with E-state index in [4.69, 9.17) is 23.2 Å². The van der Waals surface area contributed by atoms with E-state index in [1.165, 1.54) is 17.0 Å². The first-order valence-corrected chi connectivity index (χ1v) is 14.4. The molecule has 0 heterocycles. The first kappa shape index (κ1) is 29.5. The Morgan fingerprint density at radius 1 is 0.921 bits per heavy atom. The summed E-state index contributed by atoms with van der Waals surface area (Å²) in [5.74, 6) is -0.872. The van der Waals surface area contributed by atoms with Gasteiger partial charge in [0.05, 0.1) is 10.6 Å². The van der Waals surface area contributed by atoms with Gasteiger partial charge in [-0.2, -0.15) is 0 Å². The van der Waals surface area contributed by atoms with Crippen molar-refractivity contribution in [3.8, 4) is 0 Å². The fourth-order valence-electron chi connectivity index (χ4n) is 4.00. The monoisotopic (exact) mass is 575 g/mol. The fraction of sp³-hybridized carbons (Fsp3) is 0.286. The molecule has 0 saturated heterocycles. The lowest BCUT2D eigenvalue weighted by atomic mass is 10.1. The van der Waals surface area contributed by atoms with E-state index >= 15 is 0 Å². The summed E-state index contributed by atoms with van der Waals surface area (Å²) in [6.45, 7) is 5.34. The second-order valence-corrected chi connectivity index (χ2v) is 11.4. The molecule has 3 rings (SSSR count). The highest BCUT2D eigenvalue weighted by Crippen LogP contribution is 2.27. The largest absolute Gasteiger partial charge is 0.355 e. The molecule has 0 spiro atoms. The molecule has 0 bridgehead atoms. The molecule has 1 N–H and O–H groups in total. The molecule has 0 aliphatic heterocycles. The molecule has 0 radical (unpaired) electrons. The lowest BCUT2D eigenvalue weighted by molar-refractivity contribution is -0.140. The van der Waals surface area contributed by atoms with Crippen molar-refractivity contribution in [1.29, 1.82) is 0 Å². The summed E-state index contributed by atoms with van der Waals surface area (Å²) >= 11 is 12.4. The van der Waals surface area contributed by atoms with Gasteiger partial charge in [-0.3, -0.25) is 13.9 Å². The molecule has 7 nitrogen and oxygen atoms in total. The molecule has 1 atom stereocenters. The first-order chi connectivity index (χ1) is 18.1. The van der Waals surface area contributed by atoms with Gasteiger partial charge < -0.3 is 10.2 Å². The van der Waals surface area contributed by atoms with Crippen LogP contribution in [-0.4, -0.2) is 44.3 Å². The van der Waals surface area contributed by atoms with Crippen molar-refractivity contribution in [3.63, 3.8) is 0 Å². The molecule has 0 aromatic heterocycles. The average Bonchev–Trinajstić information content (AvgIpc) is 2.89. The summed E-state index contributed by atoms with van der Waals surface area (Å²) in [6.07, 6.45) is 0.327. The van der Waals surface area contributed by atoms with Crippen molar-refractivity contribution in [2.75, 3.05) is 17.4 Å². The Morgan fingerprint density at radius 2 is 1.55 bits per heavy atom. The van der Waals surface area contributed by atoms with Crippen LogP contribution in [0.5, 0.6) is 0 Å². The van der Waals surface area contributed by atoms with E-state index < -0.39 is 28.5 Å². The van der Waals surface area contributed by atoms with Gasteiger partial charge in [0, 0.05) is 23.1 Å². The fourth-order valence-corrected chi connectivity index (χ4v) is 5.73. The van der Waals surface area contributed by atoms with Crippen molar-refractivity contribution in [2.45, 2.75) is 44.7 Å². The number of halogens is 2. The van der Waals surface area contributed by atoms with Crippen LogP contribution < -0.4 is 9.62 Å². The molecule has 0 unspecified atom stereocenters. The van der Waals surface area contributed by atoms with Crippen molar-refractivity contribution < 1.29 is 18.0 Å². The Hall–Kier alpha value is -3.07. The number of nitrogens with one attached hydrogen (secondary N) is 1. The summed E-state index contributed by atoms with van der Waals surface area (Å²) in [5, 5.41) is 3.64. The normalized spacial score (nSPS) is 12.0. The second kappa shape index (κ2) is 13.1. The number of nitrogens with zero attached hydrogens (tertiary/aromatic N) is 2. The van der Waals surface area contributed by atoms with Crippen molar-refractivity contribution >= 4 is 50.7 Å². The van der Waals surface area contributed by atoms with Gasteiger partial charge in [-0.15, -0.1) is 0 Å². The molecule has 3 aromatic carbocycles. The second-order valence-electron chi connectivity index (χ2n) is 8.73. The smallest absolute Gasteiger partial charge is 0.264 e. The number of carbonyl (C=O) groups excluding carboxylic acids is 2. The quantitative estimate of drug-likeness (QED) is 0.330. The van der Waals surface area contributed by atoms with Crippen LogP contribution in [0.15, 0.2) is 77.7 Å². The number of hydrogen-bond acceptors (Lipinski definition) is 4. The van der Waals surface area contributed by atoms with E-state index in [0.717, 1.165) is 9.87 Å². The number of hydrogen-bond donors (Lipinski definition) is 1. The van der Waals surface area contributed by atoms with Gasteiger partial charge in [0.2, 0.25) is 11.8 Å². The third-order valence-corrected chi connectivity index (χ3v) is 8.45. The predicted molar refractivity (Wildman–Crippen MR) is 152 cm³/mol. The highest BCUT2D eigenvalue weighted by molar-refractivity contribution is 7.92. The van der Waals surface area contributed by atoms with E-state index in [1.807, 2.05) is 6.92 Å². The van der Waals surface area contributed by atoms with Crippen molar-refractivity contribution in [2.24, 2.45) is 0 Å². The number of aryl methyl sites for hydroxylation is 1. The van der Waals surface area contributed by atoms with Crippen LogP contribution in [-0.2, 0) is 26.2 Å². The minimum Gasteiger partial charge on any atom is -0.355 e. The highest BCUT2D eigenvalue weighted by atomic mass is 35.5. The average molecular weight is 577 g/mol. The summed E-state index contributed by atoms with van der Waals surface area (Å²) < 4.78 is 28.6. The third-order valence-electron chi connectivity index (χ3n) is 6.04. The van der Waals surface area contributed by atoms with Crippen LogP contribution >= 0.6 is 23.2 Å². The maximum absolute atomic E-state index is 13.9. The number of rotatable bonds is 11. The van der Waals surface area contributed by atoms with Gasteiger partial charge in [0.15, 0.2) is 0 Å². The van der Waals surface area contributed by atoms with Crippen LogP contribution in [0.1, 0.15) is 31.4 Å². The molecule has 0 saturated carbocycles. The third kappa shape index (κ3) is 7.07. The SMILES string of the molecule is CCNC(=O)[C@@H](CC)N(Cc1ccccc1Cl)C(=O)CN(c1ccc(Cl)cc1)S(=O)(=O)c1ccc(C)cc1. The highest BCUT2D eigenvalue weighted by Gasteiger charge is 2.33. The van der Waals surface area contributed by atoms with Gasteiger partial charge in [-0.25, -0.2) is 8.42 Å². The number of sulfonamides is 1. The first-order valence-electron chi connectivity index (χ1n) is 12.2. The summed E-state index contributed by atoms with van der Waals surface area (Å²) in [7, 11) is -4.14. The van der Waals surface area contributed by atoms with Crippen LogP contribution in [0.3, 0.4) is 0 Å². The topological polar surface area (TPSA) is 86.8 Å². The molecule has 202 valence electrons. The van der Waals surface area contributed by atoms with E-state index in [0.29, 0.717) is 28.6 Å². The standard InChI is InChI=1S/C28H31Cl2N3O4S/c1-4-26(28(35)31-5-2)32(18-21-8-6-7-9-25(21)30)27(34)19-33(23-14-12-22(29)13-15-23)38(36,37)24-16-10-20(3)11-17-24/h6-17,26H,4-5,18-19H2,1-3H3,(H,31,35)/t26-/m1/s1. The molecule has 38 heavy (non-hydrogen) atoms. The van der Waals surface area contributed by atoms with Crippen LogP contribution in [0.4, 0.5) is 5.69 Å². The summed E-state index contributed by atoms with van der Waals surface area (Å²) in [6, 6.07) is 18.8. The lowest BCUT2D eigenvalue weighted by Crippen LogP contribution is -2.52. The molecule has 0 aliphatic carbocycles. The molecule has 10 heteroatoms. The van der Waals surface area contributed by atoms with E-state index in [-0.39, 0.29) is 23.0 Å². The van der Waals surface area contributed by atoms with Crippen molar-refractivity contribution in [1.82, 2.24) is 10.2 Å². The number of amides is 2. The van der Waals surface area contributed by atoms with Crippen LogP contribution in [0, 0.1) is 6.92 Å². The Morgan fingerprint density at radius 3 is 2.13 bits per heavy atom. The Kier molecular flexibility index (Phi) is 10.2. The van der Waals surface area contributed by atoms with E-state index in [2.05, 4.69) is 5.32 Å². The van der Waals surface area contributed by atoms with E-state index in [9.17, 15) is 18.0 Å². The Balaban J connectivity index is 2.06. The number of benzene rings is 3. The minimum atomic E-state index is -4.14. The van der Waals surface area contributed by atoms with E-state index in [1.54, 1.807) is 74.5 Å². The van der Waals surface area contributed by atoms with Gasteiger partial charge >= 0.3 is 0 Å². The Labute approximate surface area is 234 Å². The molecule has 0 aliphatic rings. The number of carbonyl (C=O) groups is 2.